The fourth-order valence-electron chi connectivity index (χ4n) is 2.74. The van der Waals surface area contributed by atoms with Crippen molar-refractivity contribution in [2.45, 2.75) is 102 Å². The molecule has 0 spiro atoms. The highest BCUT2D eigenvalue weighted by Gasteiger charge is 2.34. The van der Waals surface area contributed by atoms with E-state index in [0.29, 0.717) is 6.42 Å². The lowest BCUT2D eigenvalue weighted by Crippen LogP contribution is -2.51. The van der Waals surface area contributed by atoms with Crippen LogP contribution in [0.1, 0.15) is 71.1 Å². The predicted octanol–water partition coefficient (Wildman–Crippen LogP) is 0.812. The molecule has 0 bridgehead atoms. The summed E-state index contributed by atoms with van der Waals surface area (Å²) in [6.45, 7) is 1.51. The van der Waals surface area contributed by atoms with Crippen molar-refractivity contribution in [1.29, 1.82) is 0 Å². The fourth-order valence-corrected chi connectivity index (χ4v) is 2.74. The zero-order valence-corrected chi connectivity index (χ0v) is 14.9. The first kappa shape index (κ1) is 23.8. The van der Waals surface area contributed by atoms with Crippen molar-refractivity contribution in [1.82, 2.24) is 0 Å². The molecule has 142 valence electrons. The maximum absolute atomic E-state index is 10.0. The average molecular weight is 346 g/mol. The standard InChI is InChI=1S/C17H35BO6/c1-2-3-4-5-6-7-8-9-10-11-13(20)15(22)17(24-18)16(23)14(21)12-19/h13-17,19-23H,2-12H2,1H3/t13-,14?,15?,16?,17?/m0/s1. The topological polar surface area (TPSA) is 110 Å². The van der Waals surface area contributed by atoms with Crippen LogP contribution in [0.2, 0.25) is 0 Å². The molecule has 24 heavy (non-hydrogen) atoms. The molecule has 0 rings (SSSR count). The number of aliphatic hydroxyl groups is 5. The van der Waals surface area contributed by atoms with Gasteiger partial charge >= 0.3 is 0 Å². The smallest absolute Gasteiger partial charge is 0.283 e. The van der Waals surface area contributed by atoms with Gasteiger partial charge in [-0.05, 0) is 6.42 Å². The van der Waals surface area contributed by atoms with Crippen LogP contribution in [-0.2, 0) is 4.65 Å². The Morgan fingerprint density at radius 3 is 1.67 bits per heavy atom. The zero-order chi connectivity index (χ0) is 18.4. The molecular weight excluding hydrogens is 311 g/mol. The summed E-state index contributed by atoms with van der Waals surface area (Å²) >= 11 is 0. The lowest BCUT2D eigenvalue weighted by molar-refractivity contribution is -0.130. The third-order valence-corrected chi connectivity index (χ3v) is 4.41. The SMILES string of the molecule is [B]OC(C(O)C(O)CO)C(O)[C@@H](O)CCCCCCCCCCC. The second-order valence-electron chi connectivity index (χ2n) is 6.52. The van der Waals surface area contributed by atoms with Crippen LogP contribution < -0.4 is 0 Å². The number of hydrogen-bond donors (Lipinski definition) is 5. The van der Waals surface area contributed by atoms with Crippen LogP contribution in [-0.4, -0.2) is 70.7 Å². The van der Waals surface area contributed by atoms with Crippen LogP contribution in [0.4, 0.5) is 0 Å². The normalized spacial score (nSPS) is 18.1. The minimum absolute atomic E-state index is 0.360. The molecule has 0 aromatic carbocycles. The van der Waals surface area contributed by atoms with Gasteiger partial charge in [0.1, 0.15) is 18.3 Å². The highest BCUT2D eigenvalue weighted by molar-refractivity contribution is 5.98. The molecule has 0 aromatic rings. The van der Waals surface area contributed by atoms with Crippen molar-refractivity contribution < 1.29 is 30.2 Å². The zero-order valence-electron chi connectivity index (χ0n) is 14.9. The summed E-state index contributed by atoms with van der Waals surface area (Å²) in [5.41, 5.74) is 0. The predicted molar refractivity (Wildman–Crippen MR) is 93.6 cm³/mol. The van der Waals surface area contributed by atoms with Crippen LogP contribution in [0, 0.1) is 0 Å². The molecule has 0 saturated carbocycles. The van der Waals surface area contributed by atoms with Crippen LogP contribution in [0.15, 0.2) is 0 Å². The maximum atomic E-state index is 10.0. The van der Waals surface area contributed by atoms with E-state index in [9.17, 15) is 20.4 Å². The summed E-state index contributed by atoms with van der Waals surface area (Å²) in [5.74, 6) is 0. The van der Waals surface area contributed by atoms with E-state index in [-0.39, 0.29) is 0 Å². The molecule has 0 aliphatic heterocycles. The molecule has 0 aliphatic rings. The van der Waals surface area contributed by atoms with E-state index >= 15 is 0 Å². The lowest BCUT2D eigenvalue weighted by Gasteiger charge is -2.31. The Balaban J connectivity index is 3.90. The van der Waals surface area contributed by atoms with Crippen molar-refractivity contribution in [3.8, 4) is 0 Å². The van der Waals surface area contributed by atoms with E-state index in [1.807, 2.05) is 0 Å². The van der Waals surface area contributed by atoms with Crippen LogP contribution >= 0.6 is 0 Å². The second kappa shape index (κ2) is 15.1. The van der Waals surface area contributed by atoms with Gasteiger partial charge < -0.3 is 30.2 Å². The molecule has 6 nitrogen and oxygen atoms in total. The maximum Gasteiger partial charge on any atom is 0.283 e. The lowest BCUT2D eigenvalue weighted by atomic mass is 9.95. The van der Waals surface area contributed by atoms with Crippen molar-refractivity contribution >= 4 is 8.05 Å². The van der Waals surface area contributed by atoms with E-state index in [4.69, 9.17) is 13.2 Å². The van der Waals surface area contributed by atoms with Gasteiger partial charge in [-0.1, -0.05) is 64.7 Å². The molecule has 0 heterocycles. The molecule has 5 N–H and O–H groups in total. The van der Waals surface area contributed by atoms with Gasteiger partial charge in [0.15, 0.2) is 0 Å². The minimum Gasteiger partial charge on any atom is -0.440 e. The largest absolute Gasteiger partial charge is 0.440 e. The van der Waals surface area contributed by atoms with E-state index in [1.54, 1.807) is 0 Å². The van der Waals surface area contributed by atoms with Crippen LogP contribution in [0.25, 0.3) is 0 Å². The van der Waals surface area contributed by atoms with Crippen LogP contribution in [0.3, 0.4) is 0 Å². The van der Waals surface area contributed by atoms with E-state index < -0.39 is 37.1 Å². The first-order valence-corrected chi connectivity index (χ1v) is 9.18. The van der Waals surface area contributed by atoms with Gasteiger partial charge in [0.05, 0.1) is 18.8 Å². The first-order valence-electron chi connectivity index (χ1n) is 9.18. The fraction of sp³-hybridized carbons (Fsp3) is 1.00. The van der Waals surface area contributed by atoms with Gasteiger partial charge in [-0.25, -0.2) is 0 Å². The third-order valence-electron chi connectivity index (χ3n) is 4.41. The first-order chi connectivity index (χ1) is 11.5. The molecule has 4 unspecified atom stereocenters. The molecule has 0 aliphatic carbocycles. The number of hydrogen-bond acceptors (Lipinski definition) is 6. The molecular formula is C17H35BO6. The second-order valence-corrected chi connectivity index (χ2v) is 6.52. The number of unbranched alkanes of at least 4 members (excludes halogenated alkanes) is 8. The Hall–Kier alpha value is -0.175. The Morgan fingerprint density at radius 2 is 1.21 bits per heavy atom. The van der Waals surface area contributed by atoms with Crippen molar-refractivity contribution in [3.05, 3.63) is 0 Å². The van der Waals surface area contributed by atoms with Crippen LogP contribution in [0.5, 0.6) is 0 Å². The van der Waals surface area contributed by atoms with Crippen molar-refractivity contribution in [2.24, 2.45) is 0 Å². The monoisotopic (exact) mass is 346 g/mol. The van der Waals surface area contributed by atoms with E-state index in [1.165, 1.54) is 38.5 Å². The Morgan fingerprint density at radius 1 is 0.750 bits per heavy atom. The van der Waals surface area contributed by atoms with Gasteiger partial charge in [-0.2, -0.15) is 0 Å². The van der Waals surface area contributed by atoms with E-state index in [2.05, 4.69) is 11.6 Å². The number of rotatable bonds is 16. The molecule has 0 saturated heterocycles. The van der Waals surface area contributed by atoms with Crippen molar-refractivity contribution in [2.75, 3.05) is 6.61 Å². The third kappa shape index (κ3) is 9.96. The minimum atomic E-state index is -1.58. The Bertz CT molecular complexity index is 282. The van der Waals surface area contributed by atoms with Gasteiger partial charge in [-0.15, -0.1) is 0 Å². The average Bonchev–Trinajstić information content (AvgIpc) is 2.59. The molecule has 0 aromatic heterocycles. The summed E-state index contributed by atoms with van der Waals surface area (Å²) < 4.78 is 4.48. The summed E-state index contributed by atoms with van der Waals surface area (Å²) in [7, 11) is 5.03. The van der Waals surface area contributed by atoms with Gasteiger partial charge in [0.2, 0.25) is 0 Å². The highest BCUT2D eigenvalue weighted by atomic mass is 16.5. The number of aliphatic hydroxyl groups excluding tert-OH is 5. The molecule has 0 amide bonds. The van der Waals surface area contributed by atoms with Gasteiger partial charge in [0, 0.05) is 0 Å². The summed E-state index contributed by atoms with van der Waals surface area (Å²) in [4.78, 5) is 0. The van der Waals surface area contributed by atoms with Crippen molar-refractivity contribution in [3.63, 3.8) is 0 Å². The molecule has 7 heteroatoms. The summed E-state index contributed by atoms with van der Waals surface area (Å²) in [5, 5.41) is 47.9. The Labute approximate surface area is 147 Å². The summed E-state index contributed by atoms with van der Waals surface area (Å²) in [6.07, 6.45) is 3.73. The summed E-state index contributed by atoms with van der Waals surface area (Å²) in [6, 6.07) is 0. The molecule has 2 radical (unpaired) electrons. The Kier molecular flexibility index (Phi) is 15.0. The molecule has 0 fully saturated rings. The molecule has 5 atom stereocenters. The van der Waals surface area contributed by atoms with E-state index in [0.717, 1.165) is 19.3 Å². The quantitative estimate of drug-likeness (QED) is 0.209. The highest BCUT2D eigenvalue weighted by Crippen LogP contribution is 2.17. The van der Waals surface area contributed by atoms with Gasteiger partial charge in [0.25, 0.3) is 8.05 Å². The van der Waals surface area contributed by atoms with Gasteiger partial charge in [-0.3, -0.25) is 0 Å².